The van der Waals surface area contributed by atoms with Gasteiger partial charge in [-0.2, -0.15) is 0 Å². The van der Waals surface area contributed by atoms with Crippen molar-refractivity contribution in [3.8, 4) is 11.5 Å². The lowest BCUT2D eigenvalue weighted by Gasteiger charge is -2.17. The predicted octanol–water partition coefficient (Wildman–Crippen LogP) is 3.27. The molecule has 21 heavy (non-hydrogen) atoms. The minimum absolute atomic E-state index is 0.308. The van der Waals surface area contributed by atoms with Crippen molar-refractivity contribution < 1.29 is 19.0 Å². The van der Waals surface area contributed by atoms with Crippen molar-refractivity contribution in [2.24, 2.45) is 0 Å². The number of hydrogen-bond donors (Lipinski definition) is 0. The molecule has 1 aliphatic heterocycles. The highest BCUT2D eigenvalue weighted by atomic mass is 16.6. The van der Waals surface area contributed by atoms with Gasteiger partial charge in [0.05, 0.1) is 19.8 Å². The minimum Gasteiger partial charge on any atom is -0.496 e. The molecule has 0 fully saturated rings. The maximum Gasteiger partial charge on any atom is 0.339 e. The number of carbonyl (C=O) groups is 1. The largest absolute Gasteiger partial charge is 0.496 e. The number of hydrogen-bond acceptors (Lipinski definition) is 4. The lowest BCUT2D eigenvalue weighted by Crippen LogP contribution is -2.04. The fourth-order valence-corrected chi connectivity index (χ4v) is 2.66. The second-order valence-electron chi connectivity index (χ2n) is 4.94. The zero-order valence-electron chi connectivity index (χ0n) is 12.2. The summed E-state index contributed by atoms with van der Waals surface area (Å²) in [6, 6.07) is 11.2. The maximum atomic E-state index is 12.0. The molecule has 4 nitrogen and oxygen atoms in total. The number of carbonyl (C=O) groups excluding carboxylic acids is 1. The summed E-state index contributed by atoms with van der Waals surface area (Å²) in [5, 5.41) is 0. The standard InChI is InChI=1S/C17H16O4/c1-10-8-15(20-3)13(9-14(10)19-2)16-11-6-4-5-7-12(11)17(18)21-16/h4-9,16H,1-3H3/t16-/m0/s1. The molecular weight excluding hydrogens is 268 g/mol. The fourth-order valence-electron chi connectivity index (χ4n) is 2.66. The Kier molecular flexibility index (Phi) is 3.29. The van der Waals surface area contributed by atoms with E-state index < -0.39 is 6.10 Å². The minimum atomic E-state index is -0.460. The first-order valence-corrected chi connectivity index (χ1v) is 6.68. The van der Waals surface area contributed by atoms with Crippen LogP contribution in [-0.2, 0) is 4.74 Å². The van der Waals surface area contributed by atoms with Gasteiger partial charge in [0.25, 0.3) is 0 Å². The van der Waals surface area contributed by atoms with Gasteiger partial charge in [0.1, 0.15) is 11.5 Å². The molecule has 0 unspecified atom stereocenters. The smallest absolute Gasteiger partial charge is 0.339 e. The van der Waals surface area contributed by atoms with E-state index in [9.17, 15) is 4.79 Å². The number of benzene rings is 2. The van der Waals surface area contributed by atoms with E-state index in [4.69, 9.17) is 14.2 Å². The normalized spacial score (nSPS) is 16.3. The molecule has 0 aliphatic carbocycles. The zero-order chi connectivity index (χ0) is 15.0. The van der Waals surface area contributed by atoms with E-state index in [1.54, 1.807) is 20.3 Å². The van der Waals surface area contributed by atoms with Crippen LogP contribution in [0.25, 0.3) is 0 Å². The van der Waals surface area contributed by atoms with Gasteiger partial charge >= 0.3 is 5.97 Å². The highest BCUT2D eigenvalue weighted by Crippen LogP contribution is 2.41. The van der Waals surface area contributed by atoms with Crippen molar-refractivity contribution in [3.63, 3.8) is 0 Å². The van der Waals surface area contributed by atoms with Crippen LogP contribution in [0.4, 0.5) is 0 Å². The highest BCUT2D eigenvalue weighted by Gasteiger charge is 2.34. The molecule has 1 heterocycles. The molecule has 1 aliphatic rings. The number of rotatable bonds is 3. The molecule has 0 amide bonds. The molecule has 108 valence electrons. The van der Waals surface area contributed by atoms with E-state index in [2.05, 4.69) is 0 Å². The predicted molar refractivity (Wildman–Crippen MR) is 78.0 cm³/mol. The molecule has 0 radical (unpaired) electrons. The molecule has 0 spiro atoms. The van der Waals surface area contributed by atoms with Gasteiger partial charge in [-0.05, 0) is 30.7 Å². The number of methoxy groups -OCH3 is 2. The number of aryl methyl sites for hydroxylation is 1. The molecule has 2 aromatic rings. The molecule has 0 saturated carbocycles. The third-order valence-corrected chi connectivity index (χ3v) is 3.72. The summed E-state index contributed by atoms with van der Waals surface area (Å²) in [5.41, 5.74) is 3.21. The van der Waals surface area contributed by atoms with Crippen LogP contribution in [0.15, 0.2) is 36.4 Å². The van der Waals surface area contributed by atoms with Crippen molar-refractivity contribution in [1.29, 1.82) is 0 Å². The van der Waals surface area contributed by atoms with Gasteiger partial charge < -0.3 is 14.2 Å². The van der Waals surface area contributed by atoms with E-state index in [-0.39, 0.29) is 5.97 Å². The van der Waals surface area contributed by atoms with Crippen LogP contribution in [0, 0.1) is 6.92 Å². The van der Waals surface area contributed by atoms with Crippen LogP contribution >= 0.6 is 0 Å². The van der Waals surface area contributed by atoms with E-state index in [0.717, 1.165) is 22.4 Å². The van der Waals surface area contributed by atoms with Crippen LogP contribution in [0.5, 0.6) is 11.5 Å². The van der Waals surface area contributed by atoms with Gasteiger partial charge in [-0.1, -0.05) is 18.2 Å². The Morgan fingerprint density at radius 2 is 1.71 bits per heavy atom. The second-order valence-corrected chi connectivity index (χ2v) is 4.94. The van der Waals surface area contributed by atoms with Gasteiger partial charge in [-0.3, -0.25) is 0 Å². The Labute approximate surface area is 123 Å². The number of fused-ring (bicyclic) bond motifs is 1. The van der Waals surface area contributed by atoms with Gasteiger partial charge in [-0.25, -0.2) is 4.79 Å². The fraction of sp³-hybridized carbons (Fsp3) is 0.235. The van der Waals surface area contributed by atoms with Crippen LogP contribution in [-0.4, -0.2) is 20.2 Å². The number of cyclic esters (lactones) is 1. The molecule has 3 rings (SSSR count). The Morgan fingerprint density at radius 1 is 1.00 bits per heavy atom. The lowest BCUT2D eigenvalue weighted by atomic mass is 9.97. The first-order chi connectivity index (χ1) is 10.2. The van der Waals surface area contributed by atoms with E-state index in [1.807, 2.05) is 37.3 Å². The summed E-state index contributed by atoms with van der Waals surface area (Å²) in [7, 11) is 3.22. The third kappa shape index (κ3) is 2.13. The van der Waals surface area contributed by atoms with Crippen molar-refractivity contribution in [1.82, 2.24) is 0 Å². The van der Waals surface area contributed by atoms with Gasteiger partial charge in [0.15, 0.2) is 6.10 Å². The third-order valence-electron chi connectivity index (χ3n) is 3.72. The Balaban J connectivity index is 2.15. The summed E-state index contributed by atoms with van der Waals surface area (Å²) >= 11 is 0. The molecule has 0 bridgehead atoms. The van der Waals surface area contributed by atoms with Crippen LogP contribution in [0.3, 0.4) is 0 Å². The van der Waals surface area contributed by atoms with Crippen LogP contribution in [0.2, 0.25) is 0 Å². The van der Waals surface area contributed by atoms with Crippen molar-refractivity contribution >= 4 is 5.97 Å². The zero-order valence-corrected chi connectivity index (χ0v) is 12.2. The quantitative estimate of drug-likeness (QED) is 0.811. The van der Waals surface area contributed by atoms with Crippen LogP contribution < -0.4 is 9.47 Å². The lowest BCUT2D eigenvalue weighted by molar-refractivity contribution is 0.0452. The summed E-state index contributed by atoms with van der Waals surface area (Å²) in [6.07, 6.45) is -0.460. The molecule has 0 N–H and O–H groups in total. The highest BCUT2D eigenvalue weighted by molar-refractivity contribution is 5.94. The Hall–Kier alpha value is -2.49. The Morgan fingerprint density at radius 3 is 2.43 bits per heavy atom. The molecule has 0 saturated heterocycles. The van der Waals surface area contributed by atoms with E-state index in [0.29, 0.717) is 11.3 Å². The molecule has 4 heteroatoms. The summed E-state index contributed by atoms with van der Waals surface area (Å²) < 4.78 is 16.3. The molecule has 1 atom stereocenters. The summed E-state index contributed by atoms with van der Waals surface area (Å²) in [6.45, 7) is 1.94. The summed E-state index contributed by atoms with van der Waals surface area (Å²) in [4.78, 5) is 12.0. The number of esters is 1. The average molecular weight is 284 g/mol. The van der Waals surface area contributed by atoms with Crippen molar-refractivity contribution in [2.45, 2.75) is 13.0 Å². The van der Waals surface area contributed by atoms with Gasteiger partial charge in [0.2, 0.25) is 0 Å². The monoisotopic (exact) mass is 284 g/mol. The topological polar surface area (TPSA) is 44.8 Å². The van der Waals surface area contributed by atoms with E-state index in [1.165, 1.54) is 0 Å². The van der Waals surface area contributed by atoms with Gasteiger partial charge in [-0.15, -0.1) is 0 Å². The molecule has 0 aromatic heterocycles. The average Bonchev–Trinajstić information content (AvgIpc) is 2.84. The molecular formula is C17H16O4. The van der Waals surface area contributed by atoms with E-state index >= 15 is 0 Å². The summed E-state index contributed by atoms with van der Waals surface area (Å²) in [5.74, 6) is 1.12. The van der Waals surface area contributed by atoms with Crippen molar-refractivity contribution in [3.05, 3.63) is 58.7 Å². The first-order valence-electron chi connectivity index (χ1n) is 6.68. The van der Waals surface area contributed by atoms with Crippen molar-refractivity contribution in [2.75, 3.05) is 14.2 Å². The van der Waals surface area contributed by atoms with Crippen LogP contribution in [0.1, 0.15) is 33.2 Å². The second kappa shape index (κ2) is 5.13. The Bertz CT molecular complexity index is 706. The van der Waals surface area contributed by atoms with Gasteiger partial charge in [0, 0.05) is 11.1 Å². The maximum absolute atomic E-state index is 12.0. The SMILES string of the molecule is COc1cc([C@H]2OC(=O)c3ccccc32)c(OC)cc1C. The molecule has 2 aromatic carbocycles. The number of ether oxygens (including phenoxy) is 3. The first kappa shape index (κ1) is 13.5.